The number of benzene rings is 1. The Kier molecular flexibility index (Phi) is 8.11. The first-order chi connectivity index (χ1) is 14.2. The van der Waals surface area contributed by atoms with Crippen molar-refractivity contribution in [3.8, 4) is 0 Å². The molecule has 29 heavy (non-hydrogen) atoms. The summed E-state index contributed by atoms with van der Waals surface area (Å²) in [5.41, 5.74) is 3.62. The summed E-state index contributed by atoms with van der Waals surface area (Å²) in [7, 11) is 0. The molecule has 2 aromatic rings. The molecule has 0 aliphatic carbocycles. The average Bonchev–Trinajstić information content (AvgIpc) is 3.30. The van der Waals surface area contributed by atoms with Gasteiger partial charge in [-0.15, -0.1) is 0 Å². The van der Waals surface area contributed by atoms with Gasteiger partial charge in [0.1, 0.15) is 5.76 Å². The Hall–Kier alpha value is -2.34. The van der Waals surface area contributed by atoms with Gasteiger partial charge in [0.05, 0.1) is 12.2 Å². The van der Waals surface area contributed by atoms with Gasteiger partial charge < -0.3 is 15.2 Å². The van der Waals surface area contributed by atoms with Gasteiger partial charge in [0.15, 0.2) is 5.96 Å². The lowest BCUT2D eigenvalue weighted by Crippen LogP contribution is -2.39. The van der Waals surface area contributed by atoms with Crippen molar-refractivity contribution in [2.75, 3.05) is 26.2 Å². The Morgan fingerprint density at radius 3 is 2.79 bits per heavy atom. The van der Waals surface area contributed by atoms with E-state index in [9.17, 15) is 0 Å². The fourth-order valence-electron chi connectivity index (χ4n) is 4.00. The SMILES string of the molecule is CCNC(=NCC1CCCN1Cc1ccccc1)NCCCc1c(C)noc1C. The van der Waals surface area contributed by atoms with Crippen LogP contribution in [0.2, 0.25) is 0 Å². The summed E-state index contributed by atoms with van der Waals surface area (Å²) < 4.78 is 5.25. The number of aryl methyl sites for hydroxylation is 2. The van der Waals surface area contributed by atoms with Crippen LogP contribution in [0.1, 0.15) is 48.8 Å². The Morgan fingerprint density at radius 1 is 1.24 bits per heavy atom. The Labute approximate surface area is 174 Å². The van der Waals surface area contributed by atoms with Crippen molar-refractivity contribution in [1.82, 2.24) is 20.7 Å². The van der Waals surface area contributed by atoms with Crippen LogP contribution in [-0.4, -0.2) is 48.2 Å². The minimum absolute atomic E-state index is 0.521. The molecule has 1 aromatic carbocycles. The van der Waals surface area contributed by atoms with Crippen LogP contribution in [0.3, 0.4) is 0 Å². The first-order valence-corrected chi connectivity index (χ1v) is 10.9. The second-order valence-electron chi connectivity index (χ2n) is 7.80. The van der Waals surface area contributed by atoms with Gasteiger partial charge >= 0.3 is 0 Å². The summed E-state index contributed by atoms with van der Waals surface area (Å²) in [6, 6.07) is 11.3. The molecule has 1 aliphatic heterocycles. The van der Waals surface area contributed by atoms with Gasteiger partial charge in [-0.25, -0.2) is 0 Å². The lowest BCUT2D eigenvalue weighted by molar-refractivity contribution is 0.250. The molecule has 1 aromatic heterocycles. The van der Waals surface area contributed by atoms with Crippen LogP contribution in [0, 0.1) is 13.8 Å². The number of aliphatic imine (C=N–C) groups is 1. The standard InChI is InChI=1S/C23H35N5O/c1-4-24-23(25-14-8-13-22-18(2)27-29-19(22)3)26-16-21-12-9-15-28(21)17-20-10-6-5-7-11-20/h5-7,10-11,21H,4,8-9,12-17H2,1-3H3,(H2,24,25,26). The largest absolute Gasteiger partial charge is 0.361 e. The van der Waals surface area contributed by atoms with E-state index in [1.165, 1.54) is 24.0 Å². The third-order valence-electron chi connectivity index (χ3n) is 5.61. The zero-order valence-corrected chi connectivity index (χ0v) is 18.1. The highest BCUT2D eigenvalue weighted by Gasteiger charge is 2.24. The second-order valence-corrected chi connectivity index (χ2v) is 7.80. The van der Waals surface area contributed by atoms with Crippen molar-refractivity contribution in [1.29, 1.82) is 0 Å². The number of hydrogen-bond acceptors (Lipinski definition) is 4. The zero-order chi connectivity index (χ0) is 20.5. The fourth-order valence-corrected chi connectivity index (χ4v) is 4.00. The number of guanidine groups is 1. The molecule has 1 saturated heterocycles. The highest BCUT2D eigenvalue weighted by molar-refractivity contribution is 5.79. The molecular formula is C23H35N5O. The summed E-state index contributed by atoms with van der Waals surface area (Å²) in [5.74, 6) is 1.85. The molecule has 0 bridgehead atoms. The van der Waals surface area contributed by atoms with Gasteiger partial charge in [-0.05, 0) is 58.6 Å². The molecular weight excluding hydrogens is 362 g/mol. The lowest BCUT2D eigenvalue weighted by Gasteiger charge is -2.23. The minimum Gasteiger partial charge on any atom is -0.361 e. The highest BCUT2D eigenvalue weighted by atomic mass is 16.5. The van der Waals surface area contributed by atoms with Gasteiger partial charge in [-0.3, -0.25) is 9.89 Å². The monoisotopic (exact) mass is 397 g/mol. The molecule has 1 atom stereocenters. The van der Waals surface area contributed by atoms with Crippen LogP contribution in [0.25, 0.3) is 0 Å². The molecule has 158 valence electrons. The molecule has 0 saturated carbocycles. The van der Waals surface area contributed by atoms with E-state index in [2.05, 4.69) is 57.9 Å². The maximum atomic E-state index is 5.25. The maximum absolute atomic E-state index is 5.25. The molecule has 0 amide bonds. The van der Waals surface area contributed by atoms with Crippen LogP contribution in [-0.2, 0) is 13.0 Å². The third-order valence-corrected chi connectivity index (χ3v) is 5.61. The summed E-state index contributed by atoms with van der Waals surface area (Å²) >= 11 is 0. The van der Waals surface area contributed by atoms with E-state index in [1.54, 1.807) is 0 Å². The van der Waals surface area contributed by atoms with Crippen LogP contribution in [0.15, 0.2) is 39.8 Å². The molecule has 1 aliphatic rings. The van der Waals surface area contributed by atoms with Crippen molar-refractivity contribution >= 4 is 5.96 Å². The Bertz CT molecular complexity index is 751. The van der Waals surface area contributed by atoms with Crippen LogP contribution < -0.4 is 10.6 Å². The van der Waals surface area contributed by atoms with E-state index in [4.69, 9.17) is 9.52 Å². The minimum atomic E-state index is 0.521. The van der Waals surface area contributed by atoms with Gasteiger partial charge in [0.25, 0.3) is 0 Å². The third kappa shape index (κ3) is 6.32. The predicted octanol–water partition coefficient (Wildman–Crippen LogP) is 3.44. The van der Waals surface area contributed by atoms with Gasteiger partial charge in [-0.2, -0.15) is 0 Å². The average molecular weight is 398 g/mol. The molecule has 0 radical (unpaired) electrons. The van der Waals surface area contributed by atoms with E-state index < -0.39 is 0 Å². The molecule has 2 N–H and O–H groups in total. The Morgan fingerprint density at radius 2 is 2.07 bits per heavy atom. The number of aromatic nitrogens is 1. The number of hydrogen-bond donors (Lipinski definition) is 2. The molecule has 0 spiro atoms. The van der Waals surface area contributed by atoms with Crippen molar-refractivity contribution in [2.24, 2.45) is 4.99 Å². The second kappa shape index (κ2) is 11.0. The summed E-state index contributed by atoms with van der Waals surface area (Å²) in [6.07, 6.45) is 4.48. The van der Waals surface area contributed by atoms with E-state index in [0.717, 1.165) is 63.0 Å². The van der Waals surface area contributed by atoms with E-state index in [1.807, 2.05) is 13.8 Å². The summed E-state index contributed by atoms with van der Waals surface area (Å²) in [6.45, 7) is 10.9. The van der Waals surface area contributed by atoms with Crippen LogP contribution in [0.5, 0.6) is 0 Å². The van der Waals surface area contributed by atoms with Crippen molar-refractivity contribution < 1.29 is 4.52 Å². The molecule has 1 fully saturated rings. The van der Waals surface area contributed by atoms with E-state index in [0.29, 0.717) is 6.04 Å². The first kappa shape index (κ1) is 21.4. The summed E-state index contributed by atoms with van der Waals surface area (Å²) in [4.78, 5) is 7.45. The van der Waals surface area contributed by atoms with Crippen molar-refractivity contribution in [2.45, 2.75) is 59.0 Å². The fraction of sp³-hybridized carbons (Fsp3) is 0.565. The number of nitrogens with one attached hydrogen (secondary N) is 2. The molecule has 2 heterocycles. The topological polar surface area (TPSA) is 65.7 Å². The van der Waals surface area contributed by atoms with E-state index in [-0.39, 0.29) is 0 Å². The summed E-state index contributed by atoms with van der Waals surface area (Å²) in [5, 5.41) is 10.9. The quantitative estimate of drug-likeness (QED) is 0.385. The number of likely N-dealkylation sites (tertiary alicyclic amines) is 1. The number of rotatable bonds is 9. The maximum Gasteiger partial charge on any atom is 0.191 e. The molecule has 6 heteroatoms. The van der Waals surface area contributed by atoms with Gasteiger partial charge in [0.2, 0.25) is 0 Å². The van der Waals surface area contributed by atoms with Gasteiger partial charge in [0, 0.05) is 31.2 Å². The number of nitrogens with zero attached hydrogens (tertiary/aromatic N) is 3. The van der Waals surface area contributed by atoms with Crippen LogP contribution in [0.4, 0.5) is 0 Å². The van der Waals surface area contributed by atoms with Crippen LogP contribution >= 0.6 is 0 Å². The highest BCUT2D eigenvalue weighted by Crippen LogP contribution is 2.20. The van der Waals surface area contributed by atoms with E-state index >= 15 is 0 Å². The molecule has 3 rings (SSSR count). The molecule has 6 nitrogen and oxygen atoms in total. The normalized spacial score (nSPS) is 17.6. The smallest absolute Gasteiger partial charge is 0.191 e. The Balaban J connectivity index is 1.47. The van der Waals surface area contributed by atoms with Crippen molar-refractivity contribution in [3.05, 3.63) is 52.9 Å². The first-order valence-electron chi connectivity index (χ1n) is 10.9. The lowest BCUT2D eigenvalue weighted by atomic mass is 10.1. The van der Waals surface area contributed by atoms with Crippen molar-refractivity contribution in [3.63, 3.8) is 0 Å². The molecule has 1 unspecified atom stereocenters. The van der Waals surface area contributed by atoms with Gasteiger partial charge in [-0.1, -0.05) is 35.5 Å². The predicted molar refractivity (Wildman–Crippen MR) is 118 cm³/mol. The zero-order valence-electron chi connectivity index (χ0n) is 18.1.